The first-order chi connectivity index (χ1) is 8.81. The molecule has 1 fully saturated rings. The van der Waals surface area contributed by atoms with E-state index < -0.39 is 10.0 Å². The third-order valence-corrected chi connectivity index (χ3v) is 6.12. The highest BCUT2D eigenvalue weighted by atomic mass is 32.2. The van der Waals surface area contributed by atoms with E-state index in [4.69, 9.17) is 0 Å². The van der Waals surface area contributed by atoms with E-state index in [9.17, 15) is 8.42 Å². The van der Waals surface area contributed by atoms with Crippen LogP contribution >= 0.6 is 0 Å². The molecular weight excluding hydrogens is 258 g/mol. The van der Waals surface area contributed by atoms with Crippen molar-refractivity contribution in [1.82, 2.24) is 4.31 Å². The van der Waals surface area contributed by atoms with Gasteiger partial charge in [-0.1, -0.05) is 37.5 Å². The van der Waals surface area contributed by atoms with Crippen LogP contribution in [-0.2, 0) is 10.0 Å². The van der Waals surface area contributed by atoms with Gasteiger partial charge in [0.05, 0.1) is 4.90 Å². The molecule has 2 atom stereocenters. The van der Waals surface area contributed by atoms with Crippen molar-refractivity contribution in [3.8, 4) is 0 Å². The van der Waals surface area contributed by atoms with Crippen LogP contribution in [0.3, 0.4) is 0 Å². The van der Waals surface area contributed by atoms with Gasteiger partial charge in [0.2, 0.25) is 10.0 Å². The molecule has 0 aromatic heterocycles. The van der Waals surface area contributed by atoms with Gasteiger partial charge < -0.3 is 0 Å². The molecule has 2 unspecified atom stereocenters. The maximum atomic E-state index is 12.6. The highest BCUT2D eigenvalue weighted by molar-refractivity contribution is 7.89. The zero-order valence-electron chi connectivity index (χ0n) is 12.2. The molecule has 1 heterocycles. The van der Waals surface area contributed by atoms with Crippen LogP contribution in [0.4, 0.5) is 0 Å². The van der Waals surface area contributed by atoms with Gasteiger partial charge in [-0.05, 0) is 39.3 Å². The van der Waals surface area contributed by atoms with E-state index in [1.54, 1.807) is 16.4 Å². The molecule has 0 aliphatic carbocycles. The summed E-state index contributed by atoms with van der Waals surface area (Å²) in [6.45, 7) is 8.12. The molecule has 1 aliphatic rings. The fraction of sp³-hybridized carbons (Fsp3) is 0.600. The van der Waals surface area contributed by atoms with Gasteiger partial charge in [-0.15, -0.1) is 0 Å². The molecule has 1 aromatic rings. The van der Waals surface area contributed by atoms with Gasteiger partial charge in [0.25, 0.3) is 0 Å². The number of rotatable bonds is 5. The van der Waals surface area contributed by atoms with Crippen molar-refractivity contribution >= 4 is 10.0 Å². The highest BCUT2D eigenvalue weighted by Crippen LogP contribution is 2.47. The second kappa shape index (κ2) is 4.91. The Labute approximate surface area is 116 Å². The van der Waals surface area contributed by atoms with Gasteiger partial charge in [-0.2, -0.15) is 4.31 Å². The first-order valence-electron chi connectivity index (χ1n) is 6.93. The smallest absolute Gasteiger partial charge is 0.207 e. The van der Waals surface area contributed by atoms with Crippen molar-refractivity contribution in [2.24, 2.45) is 0 Å². The third kappa shape index (κ3) is 2.56. The number of hydrogen-bond acceptors (Lipinski definition) is 2. The summed E-state index contributed by atoms with van der Waals surface area (Å²) in [5.41, 5.74) is 0.838. The molecule has 3 nitrogen and oxygen atoms in total. The summed E-state index contributed by atoms with van der Waals surface area (Å²) in [4.78, 5) is 0.408. The minimum atomic E-state index is -3.34. The Balaban J connectivity index is 2.24. The molecule has 0 radical (unpaired) electrons. The summed E-state index contributed by atoms with van der Waals surface area (Å²) in [6, 6.07) is 7.26. The van der Waals surface area contributed by atoms with E-state index in [2.05, 4.69) is 6.92 Å². The molecule has 0 bridgehead atoms. The van der Waals surface area contributed by atoms with Crippen LogP contribution in [0.2, 0.25) is 0 Å². The van der Waals surface area contributed by atoms with Gasteiger partial charge in [0.15, 0.2) is 0 Å². The Morgan fingerprint density at radius 1 is 1.21 bits per heavy atom. The van der Waals surface area contributed by atoms with Crippen LogP contribution in [0, 0.1) is 6.92 Å². The number of unbranched alkanes of at least 4 members (excludes halogenated alkanes) is 1. The number of sulfonamides is 1. The Kier molecular flexibility index (Phi) is 3.76. The van der Waals surface area contributed by atoms with Crippen molar-refractivity contribution in [2.45, 2.75) is 63.4 Å². The van der Waals surface area contributed by atoms with E-state index in [1.807, 2.05) is 32.9 Å². The van der Waals surface area contributed by atoms with Crippen LogP contribution in [0.25, 0.3) is 0 Å². The van der Waals surface area contributed by atoms with E-state index in [1.165, 1.54) is 0 Å². The zero-order valence-corrected chi connectivity index (χ0v) is 13.0. The minimum Gasteiger partial charge on any atom is -0.207 e. The molecule has 2 rings (SSSR count). The number of nitrogens with zero attached hydrogens (tertiary/aromatic N) is 1. The lowest BCUT2D eigenvalue weighted by molar-refractivity contribution is 0.524. The summed E-state index contributed by atoms with van der Waals surface area (Å²) in [7, 11) is -3.34. The summed E-state index contributed by atoms with van der Waals surface area (Å²) in [5, 5.41) is 0. The van der Waals surface area contributed by atoms with Crippen molar-refractivity contribution in [3.05, 3.63) is 29.8 Å². The predicted octanol–water partition coefficient (Wildman–Crippen LogP) is 3.34. The Bertz CT molecular complexity index is 546. The third-order valence-electron chi connectivity index (χ3n) is 4.01. The monoisotopic (exact) mass is 281 g/mol. The molecule has 0 amide bonds. The Morgan fingerprint density at radius 2 is 1.79 bits per heavy atom. The fourth-order valence-electron chi connectivity index (χ4n) is 2.70. The van der Waals surface area contributed by atoms with Crippen LogP contribution in [0.1, 0.15) is 45.6 Å². The Hall–Kier alpha value is -0.870. The van der Waals surface area contributed by atoms with Crippen LogP contribution in [0.15, 0.2) is 29.2 Å². The molecule has 19 heavy (non-hydrogen) atoms. The lowest BCUT2D eigenvalue weighted by Gasteiger charge is -2.08. The van der Waals surface area contributed by atoms with Gasteiger partial charge >= 0.3 is 0 Å². The zero-order chi connectivity index (χ0) is 14.3. The summed E-state index contributed by atoms with van der Waals surface area (Å²) >= 11 is 0. The first-order valence-corrected chi connectivity index (χ1v) is 8.37. The average Bonchev–Trinajstić information content (AvgIpc) is 2.90. The summed E-state index contributed by atoms with van der Waals surface area (Å²) < 4.78 is 26.9. The average molecular weight is 281 g/mol. The molecule has 1 saturated heterocycles. The van der Waals surface area contributed by atoms with E-state index in [0.29, 0.717) is 4.90 Å². The normalized spacial score (nSPS) is 25.3. The van der Waals surface area contributed by atoms with E-state index in [0.717, 1.165) is 24.8 Å². The van der Waals surface area contributed by atoms with E-state index in [-0.39, 0.29) is 11.6 Å². The van der Waals surface area contributed by atoms with Gasteiger partial charge in [0, 0.05) is 11.6 Å². The summed E-state index contributed by atoms with van der Waals surface area (Å²) in [6.07, 6.45) is 3.13. The second-order valence-corrected chi connectivity index (χ2v) is 7.74. The van der Waals surface area contributed by atoms with Crippen LogP contribution < -0.4 is 0 Å². The van der Waals surface area contributed by atoms with Crippen molar-refractivity contribution in [1.29, 1.82) is 0 Å². The Morgan fingerprint density at radius 3 is 2.32 bits per heavy atom. The molecular formula is C15H23NO2S. The van der Waals surface area contributed by atoms with Gasteiger partial charge in [-0.3, -0.25) is 0 Å². The van der Waals surface area contributed by atoms with Gasteiger partial charge in [0.1, 0.15) is 0 Å². The lowest BCUT2D eigenvalue weighted by atomic mass is 10.1. The second-order valence-electron chi connectivity index (χ2n) is 5.93. The molecule has 1 aliphatic heterocycles. The largest absolute Gasteiger partial charge is 0.243 e. The first kappa shape index (κ1) is 14.5. The van der Waals surface area contributed by atoms with Crippen LogP contribution in [-0.4, -0.2) is 24.3 Å². The van der Waals surface area contributed by atoms with Crippen LogP contribution in [0.5, 0.6) is 0 Å². The number of hydrogen-bond donors (Lipinski definition) is 0. The maximum absolute atomic E-state index is 12.6. The molecule has 106 valence electrons. The molecule has 4 heteroatoms. The maximum Gasteiger partial charge on any atom is 0.243 e. The highest BCUT2D eigenvalue weighted by Gasteiger charge is 2.61. The number of aryl methyl sites for hydroxylation is 1. The minimum absolute atomic E-state index is 0.152. The molecule has 0 saturated carbocycles. The van der Waals surface area contributed by atoms with Crippen molar-refractivity contribution in [2.75, 3.05) is 0 Å². The molecule has 0 N–H and O–H groups in total. The van der Waals surface area contributed by atoms with Gasteiger partial charge in [-0.25, -0.2) is 8.42 Å². The number of benzene rings is 1. The standard InChI is InChI=1S/C15H23NO2S/c1-5-6-7-14-15(3,4)16(14)19(17,18)13-10-8-12(2)9-11-13/h8-11,14H,5-7H2,1-4H3. The molecule has 0 spiro atoms. The SMILES string of the molecule is CCCCC1N(S(=O)(=O)c2ccc(C)cc2)C1(C)C. The van der Waals surface area contributed by atoms with Crippen molar-refractivity contribution < 1.29 is 8.42 Å². The van der Waals surface area contributed by atoms with Crippen molar-refractivity contribution in [3.63, 3.8) is 0 Å². The summed E-state index contributed by atoms with van der Waals surface area (Å²) in [5.74, 6) is 0. The quantitative estimate of drug-likeness (QED) is 0.776. The predicted molar refractivity (Wildman–Crippen MR) is 77.6 cm³/mol. The topological polar surface area (TPSA) is 37.1 Å². The van der Waals surface area contributed by atoms with E-state index >= 15 is 0 Å². The fourth-order valence-corrected chi connectivity index (χ4v) is 4.80. The molecule has 1 aromatic carbocycles. The lowest BCUT2D eigenvalue weighted by Crippen LogP contribution is -2.18.